The molecule has 0 aromatic heterocycles. The van der Waals surface area contributed by atoms with E-state index < -0.39 is 24.5 Å². The average molecular weight is 299 g/mol. The van der Waals surface area contributed by atoms with Gasteiger partial charge in [-0.1, -0.05) is 12.1 Å². The van der Waals surface area contributed by atoms with Gasteiger partial charge in [-0.25, -0.2) is 4.79 Å². The van der Waals surface area contributed by atoms with E-state index in [2.05, 4.69) is 9.47 Å². The van der Waals surface area contributed by atoms with Crippen LogP contribution in [0.3, 0.4) is 0 Å². The van der Waals surface area contributed by atoms with Crippen LogP contribution in [0.25, 0.3) is 0 Å². The van der Waals surface area contributed by atoms with Crippen LogP contribution in [0, 0.1) is 0 Å². The first-order valence-corrected chi connectivity index (χ1v) is 6.47. The predicted octanol–water partition coefficient (Wildman–Crippen LogP) is 2.07. The Morgan fingerprint density at radius 2 is 2.05 bits per heavy atom. The molecule has 114 valence electrons. The molecule has 1 atom stereocenters. The highest BCUT2D eigenvalue weighted by Gasteiger charge is 2.36. The summed E-state index contributed by atoms with van der Waals surface area (Å²) in [4.78, 5) is 25.5. The van der Waals surface area contributed by atoms with Crippen LogP contribution in [0.1, 0.15) is 23.2 Å². The second-order valence-corrected chi connectivity index (χ2v) is 4.55. The number of hydrogen-bond acceptors (Lipinski definition) is 4. The number of carbonyl (C=O) groups excluding carboxylic acids is 2. The molecule has 1 aromatic rings. The molecule has 1 amide bonds. The van der Waals surface area contributed by atoms with Gasteiger partial charge in [0.05, 0.1) is 12.7 Å². The molecule has 1 aliphatic heterocycles. The molecule has 1 unspecified atom stereocenters. The summed E-state index contributed by atoms with van der Waals surface area (Å²) in [5, 5.41) is 0. The maximum absolute atomic E-state index is 12.5. The van der Waals surface area contributed by atoms with Gasteiger partial charge in [0.2, 0.25) is 0 Å². The van der Waals surface area contributed by atoms with Gasteiger partial charge < -0.3 is 14.4 Å². The van der Waals surface area contributed by atoms with Gasteiger partial charge in [-0.15, -0.1) is 0 Å². The van der Waals surface area contributed by atoms with Gasteiger partial charge in [0, 0.05) is 6.54 Å². The Hall–Kier alpha value is -2.18. The number of hydrogen-bond donors (Lipinski definition) is 0. The SMILES string of the molecule is COC(=O)C1CCCN1C(=O)c1ccccc1OC(F)F. The van der Waals surface area contributed by atoms with Crippen LogP contribution >= 0.6 is 0 Å². The van der Waals surface area contributed by atoms with Gasteiger partial charge in [0.25, 0.3) is 5.91 Å². The molecule has 7 heteroatoms. The second-order valence-electron chi connectivity index (χ2n) is 4.55. The Balaban J connectivity index is 2.25. The Bertz CT molecular complexity index is 535. The van der Waals surface area contributed by atoms with Crippen molar-refractivity contribution in [2.24, 2.45) is 0 Å². The zero-order valence-electron chi connectivity index (χ0n) is 11.4. The van der Waals surface area contributed by atoms with E-state index in [1.807, 2.05) is 0 Å². The molecule has 0 N–H and O–H groups in total. The molecule has 1 aliphatic rings. The summed E-state index contributed by atoms with van der Waals surface area (Å²) in [6.07, 6.45) is 1.15. The third-order valence-corrected chi connectivity index (χ3v) is 3.32. The third-order valence-electron chi connectivity index (χ3n) is 3.32. The molecule has 1 aromatic carbocycles. The van der Waals surface area contributed by atoms with Crippen molar-refractivity contribution in [1.29, 1.82) is 0 Å². The first-order chi connectivity index (χ1) is 10.0. The number of nitrogens with zero attached hydrogens (tertiary/aromatic N) is 1. The standard InChI is InChI=1S/C14H15F2NO4/c1-20-13(19)10-6-4-8-17(10)12(18)9-5-2-3-7-11(9)21-14(15)16/h2-3,5,7,10,14H,4,6,8H2,1H3. The molecule has 21 heavy (non-hydrogen) atoms. The maximum Gasteiger partial charge on any atom is 0.387 e. The van der Waals surface area contributed by atoms with Gasteiger partial charge in [0.15, 0.2) is 0 Å². The topological polar surface area (TPSA) is 55.8 Å². The number of amides is 1. The number of esters is 1. The summed E-state index contributed by atoms with van der Waals surface area (Å²) >= 11 is 0. The molecule has 1 heterocycles. The van der Waals surface area contributed by atoms with E-state index in [0.717, 1.165) is 0 Å². The van der Waals surface area contributed by atoms with E-state index in [-0.39, 0.29) is 11.3 Å². The summed E-state index contributed by atoms with van der Waals surface area (Å²) in [6, 6.07) is 5.06. The van der Waals surface area contributed by atoms with Crippen LogP contribution in [0.15, 0.2) is 24.3 Å². The van der Waals surface area contributed by atoms with Crippen LogP contribution in [0.4, 0.5) is 8.78 Å². The van der Waals surface area contributed by atoms with Crippen molar-refractivity contribution in [2.45, 2.75) is 25.5 Å². The van der Waals surface area contributed by atoms with Gasteiger partial charge in [-0.05, 0) is 25.0 Å². The van der Waals surface area contributed by atoms with Gasteiger partial charge in [-0.2, -0.15) is 8.78 Å². The molecule has 0 bridgehead atoms. The first kappa shape index (κ1) is 15.2. The monoisotopic (exact) mass is 299 g/mol. The summed E-state index contributed by atoms with van der Waals surface area (Å²) in [5.74, 6) is -1.22. The van der Waals surface area contributed by atoms with Crippen molar-refractivity contribution in [3.63, 3.8) is 0 Å². The molecular weight excluding hydrogens is 284 g/mol. The number of likely N-dealkylation sites (tertiary alicyclic amines) is 1. The Kier molecular flexibility index (Phi) is 4.72. The highest BCUT2D eigenvalue weighted by atomic mass is 19.3. The lowest BCUT2D eigenvalue weighted by molar-refractivity contribution is -0.145. The molecular formula is C14H15F2NO4. The number of para-hydroxylation sites is 1. The Labute approximate surface area is 120 Å². The quantitative estimate of drug-likeness (QED) is 0.799. The molecule has 0 saturated carbocycles. The van der Waals surface area contributed by atoms with Gasteiger partial charge in [0.1, 0.15) is 11.8 Å². The van der Waals surface area contributed by atoms with E-state index in [1.165, 1.54) is 30.2 Å². The molecule has 2 rings (SSSR count). The zero-order valence-corrected chi connectivity index (χ0v) is 11.4. The second kappa shape index (κ2) is 6.51. The van der Waals surface area contributed by atoms with Gasteiger partial charge >= 0.3 is 12.6 Å². The van der Waals surface area contributed by atoms with Crippen molar-refractivity contribution < 1.29 is 27.8 Å². The highest BCUT2D eigenvalue weighted by molar-refractivity contribution is 5.99. The minimum absolute atomic E-state index is 0.00797. The lowest BCUT2D eigenvalue weighted by atomic mass is 10.1. The molecule has 1 fully saturated rings. The third kappa shape index (κ3) is 3.29. The number of carbonyl (C=O) groups is 2. The van der Waals surface area contributed by atoms with E-state index in [9.17, 15) is 18.4 Å². The highest BCUT2D eigenvalue weighted by Crippen LogP contribution is 2.26. The van der Waals surface area contributed by atoms with Crippen molar-refractivity contribution >= 4 is 11.9 Å². The molecule has 1 saturated heterocycles. The summed E-state index contributed by atoms with van der Waals surface area (Å²) in [6.45, 7) is -2.64. The molecule has 0 spiro atoms. The van der Waals surface area contributed by atoms with Crippen molar-refractivity contribution in [2.75, 3.05) is 13.7 Å². The number of rotatable bonds is 4. The normalized spacial score (nSPS) is 17.9. The summed E-state index contributed by atoms with van der Waals surface area (Å²) < 4.78 is 33.8. The molecule has 0 aliphatic carbocycles. The van der Waals surface area contributed by atoms with E-state index >= 15 is 0 Å². The van der Waals surface area contributed by atoms with Crippen molar-refractivity contribution in [3.8, 4) is 5.75 Å². The number of methoxy groups -OCH3 is 1. The fourth-order valence-electron chi connectivity index (χ4n) is 2.39. The van der Waals surface area contributed by atoms with Crippen LogP contribution in [0.2, 0.25) is 0 Å². The summed E-state index contributed by atoms with van der Waals surface area (Å²) in [7, 11) is 1.25. The number of ether oxygens (including phenoxy) is 2. The van der Waals surface area contributed by atoms with Crippen LogP contribution in [0.5, 0.6) is 5.75 Å². The van der Waals surface area contributed by atoms with Crippen LogP contribution in [-0.4, -0.2) is 43.1 Å². The van der Waals surface area contributed by atoms with Gasteiger partial charge in [-0.3, -0.25) is 4.79 Å². The van der Waals surface area contributed by atoms with Crippen LogP contribution in [-0.2, 0) is 9.53 Å². The number of alkyl halides is 2. The summed E-state index contributed by atoms with van der Waals surface area (Å²) in [5.41, 5.74) is 0.00797. The first-order valence-electron chi connectivity index (χ1n) is 6.47. The lowest BCUT2D eigenvalue weighted by Crippen LogP contribution is -2.41. The molecule has 5 nitrogen and oxygen atoms in total. The van der Waals surface area contributed by atoms with E-state index in [4.69, 9.17) is 0 Å². The van der Waals surface area contributed by atoms with Crippen LogP contribution < -0.4 is 4.74 Å². The molecule has 0 radical (unpaired) electrons. The van der Waals surface area contributed by atoms with E-state index in [0.29, 0.717) is 19.4 Å². The maximum atomic E-state index is 12.5. The van der Waals surface area contributed by atoms with Crippen molar-refractivity contribution in [3.05, 3.63) is 29.8 Å². The fraction of sp³-hybridized carbons (Fsp3) is 0.429. The van der Waals surface area contributed by atoms with E-state index in [1.54, 1.807) is 6.07 Å². The fourth-order valence-corrected chi connectivity index (χ4v) is 2.39. The average Bonchev–Trinajstić information content (AvgIpc) is 2.95. The Morgan fingerprint density at radius 1 is 1.33 bits per heavy atom. The zero-order chi connectivity index (χ0) is 15.4. The van der Waals surface area contributed by atoms with Crippen molar-refractivity contribution in [1.82, 2.24) is 4.90 Å². The Morgan fingerprint density at radius 3 is 2.71 bits per heavy atom. The number of benzene rings is 1. The lowest BCUT2D eigenvalue weighted by Gasteiger charge is -2.23. The largest absolute Gasteiger partial charge is 0.467 e. The minimum Gasteiger partial charge on any atom is -0.467 e. The minimum atomic E-state index is -3.02. The smallest absolute Gasteiger partial charge is 0.387 e. The number of halogens is 2. The predicted molar refractivity (Wildman–Crippen MR) is 69.1 cm³/mol.